The fraction of sp³-hybridized carbons (Fsp3) is 0.667. The van der Waals surface area contributed by atoms with Crippen LogP contribution in [0.5, 0.6) is 0 Å². The molecule has 0 aliphatic carbocycles. The largest absolute Gasteiger partial charge is 0.448 e. The number of ketones is 1. The molecule has 0 fully saturated rings. The van der Waals surface area contributed by atoms with Crippen molar-refractivity contribution in [2.24, 2.45) is 10.9 Å². The lowest BCUT2D eigenvalue weighted by atomic mass is 10.1. The van der Waals surface area contributed by atoms with Gasteiger partial charge in [-0.2, -0.15) is 4.99 Å². The van der Waals surface area contributed by atoms with Gasteiger partial charge in [0.05, 0.1) is 12.3 Å². The summed E-state index contributed by atoms with van der Waals surface area (Å²) in [6.07, 6.45) is -0.700. The Balaban J connectivity index is 4.31. The molecule has 0 unspecified atom stereocenters. The fourth-order valence-electron chi connectivity index (χ4n) is 0.766. The molecule has 74 valence electrons. The quantitative estimate of drug-likeness (QED) is 0.630. The molecule has 0 aromatic heterocycles. The number of carbonyl (C=O) groups is 2. The summed E-state index contributed by atoms with van der Waals surface area (Å²) in [6, 6.07) is 0. The molecule has 0 rings (SSSR count). The highest BCUT2D eigenvalue weighted by molar-refractivity contribution is 6.40. The van der Waals surface area contributed by atoms with Crippen LogP contribution in [0.1, 0.15) is 27.7 Å². The minimum Gasteiger partial charge on any atom is -0.448 e. The van der Waals surface area contributed by atoms with Crippen molar-refractivity contribution in [1.82, 2.24) is 0 Å². The summed E-state index contributed by atoms with van der Waals surface area (Å²) in [6.45, 7) is 6.98. The SMILES string of the molecule is CCOC(=O)N=C(C)C(=O)C(C)C. The van der Waals surface area contributed by atoms with Gasteiger partial charge in [-0.1, -0.05) is 13.8 Å². The van der Waals surface area contributed by atoms with E-state index in [1.54, 1.807) is 20.8 Å². The fourth-order valence-corrected chi connectivity index (χ4v) is 0.766. The molecule has 0 aliphatic heterocycles. The van der Waals surface area contributed by atoms with Gasteiger partial charge in [0, 0.05) is 5.92 Å². The Morgan fingerprint density at radius 3 is 2.31 bits per heavy atom. The van der Waals surface area contributed by atoms with E-state index < -0.39 is 6.09 Å². The van der Waals surface area contributed by atoms with Crippen molar-refractivity contribution in [1.29, 1.82) is 0 Å². The van der Waals surface area contributed by atoms with Crippen LogP contribution < -0.4 is 0 Å². The summed E-state index contributed by atoms with van der Waals surface area (Å²) in [5.74, 6) is -0.272. The van der Waals surface area contributed by atoms with Crippen LogP contribution in [0, 0.1) is 5.92 Å². The van der Waals surface area contributed by atoms with Crippen molar-refractivity contribution in [3.8, 4) is 0 Å². The van der Waals surface area contributed by atoms with Crippen LogP contribution in [0.3, 0.4) is 0 Å². The Morgan fingerprint density at radius 2 is 1.92 bits per heavy atom. The highest BCUT2D eigenvalue weighted by Crippen LogP contribution is 1.97. The number of nitrogens with zero attached hydrogens (tertiary/aromatic N) is 1. The third-order valence-electron chi connectivity index (χ3n) is 1.41. The Labute approximate surface area is 78.0 Å². The first-order valence-corrected chi connectivity index (χ1v) is 4.25. The third-order valence-corrected chi connectivity index (χ3v) is 1.41. The van der Waals surface area contributed by atoms with Crippen molar-refractivity contribution >= 4 is 17.6 Å². The summed E-state index contributed by atoms with van der Waals surface area (Å²) < 4.78 is 4.56. The second-order valence-electron chi connectivity index (χ2n) is 2.92. The molecular formula is C9H15NO3. The zero-order chi connectivity index (χ0) is 10.4. The molecule has 0 spiro atoms. The monoisotopic (exact) mass is 185 g/mol. The molecule has 0 saturated heterocycles. The topological polar surface area (TPSA) is 55.7 Å². The predicted molar refractivity (Wildman–Crippen MR) is 50.0 cm³/mol. The zero-order valence-electron chi connectivity index (χ0n) is 8.46. The number of Topliss-reactive ketones (excluding diaryl/α,β-unsaturated/α-hetero) is 1. The molecular weight excluding hydrogens is 170 g/mol. The number of amides is 1. The van der Waals surface area contributed by atoms with Gasteiger partial charge in [-0.25, -0.2) is 4.79 Å². The molecule has 1 amide bonds. The molecule has 4 heteroatoms. The van der Waals surface area contributed by atoms with Crippen molar-refractivity contribution in [3.05, 3.63) is 0 Å². The first-order valence-electron chi connectivity index (χ1n) is 4.25. The molecule has 0 saturated carbocycles. The molecule has 0 aromatic carbocycles. The number of aliphatic imine (C=N–C) groups is 1. The van der Waals surface area contributed by atoms with E-state index in [4.69, 9.17) is 0 Å². The van der Waals surface area contributed by atoms with E-state index >= 15 is 0 Å². The lowest BCUT2D eigenvalue weighted by Crippen LogP contribution is -2.18. The van der Waals surface area contributed by atoms with E-state index in [1.165, 1.54) is 6.92 Å². The van der Waals surface area contributed by atoms with E-state index in [0.29, 0.717) is 0 Å². The van der Waals surface area contributed by atoms with Gasteiger partial charge < -0.3 is 4.74 Å². The Kier molecular flexibility index (Phi) is 4.96. The van der Waals surface area contributed by atoms with E-state index in [9.17, 15) is 9.59 Å². The molecule has 0 atom stereocenters. The second-order valence-corrected chi connectivity index (χ2v) is 2.92. The molecule has 0 N–H and O–H groups in total. The standard InChI is InChI=1S/C9H15NO3/c1-5-13-9(12)10-7(4)8(11)6(2)3/h6H,5H2,1-4H3. The Hall–Kier alpha value is -1.19. The summed E-state index contributed by atoms with van der Waals surface area (Å²) >= 11 is 0. The summed E-state index contributed by atoms with van der Waals surface area (Å²) in [7, 11) is 0. The third kappa shape index (κ3) is 4.40. The van der Waals surface area contributed by atoms with E-state index in [0.717, 1.165) is 0 Å². The van der Waals surface area contributed by atoms with E-state index in [1.807, 2.05) is 0 Å². The Bertz CT molecular complexity index is 231. The normalized spacial score (nSPS) is 11.6. The van der Waals surface area contributed by atoms with Crippen LogP contribution >= 0.6 is 0 Å². The van der Waals surface area contributed by atoms with Crippen LogP contribution in [-0.2, 0) is 9.53 Å². The maximum Gasteiger partial charge on any atom is 0.433 e. The van der Waals surface area contributed by atoms with Gasteiger partial charge in [0.15, 0.2) is 5.78 Å². The van der Waals surface area contributed by atoms with E-state index in [-0.39, 0.29) is 24.0 Å². The Morgan fingerprint density at radius 1 is 1.38 bits per heavy atom. The second kappa shape index (κ2) is 5.45. The van der Waals surface area contributed by atoms with Crippen molar-refractivity contribution < 1.29 is 14.3 Å². The van der Waals surface area contributed by atoms with E-state index in [2.05, 4.69) is 9.73 Å². The first-order chi connectivity index (χ1) is 5.99. The van der Waals surface area contributed by atoms with Crippen LogP contribution in [-0.4, -0.2) is 24.2 Å². The smallest absolute Gasteiger partial charge is 0.433 e. The molecule has 0 bridgehead atoms. The molecule has 0 heterocycles. The highest BCUT2D eigenvalue weighted by atomic mass is 16.5. The molecule has 0 radical (unpaired) electrons. The average Bonchev–Trinajstić information content (AvgIpc) is 2.03. The van der Waals surface area contributed by atoms with Crippen molar-refractivity contribution in [3.63, 3.8) is 0 Å². The van der Waals surface area contributed by atoms with Crippen LogP contribution in [0.25, 0.3) is 0 Å². The zero-order valence-corrected chi connectivity index (χ0v) is 8.46. The van der Waals surface area contributed by atoms with Crippen LogP contribution in [0.2, 0.25) is 0 Å². The number of carbonyl (C=O) groups excluding carboxylic acids is 2. The minimum atomic E-state index is -0.700. The highest BCUT2D eigenvalue weighted by Gasteiger charge is 2.12. The average molecular weight is 185 g/mol. The van der Waals surface area contributed by atoms with Crippen molar-refractivity contribution in [2.45, 2.75) is 27.7 Å². The van der Waals surface area contributed by atoms with Gasteiger partial charge in [-0.05, 0) is 13.8 Å². The number of ether oxygens (including phenoxy) is 1. The van der Waals surface area contributed by atoms with Gasteiger partial charge >= 0.3 is 6.09 Å². The molecule has 0 aliphatic rings. The lowest BCUT2D eigenvalue weighted by Gasteiger charge is -2.02. The summed E-state index contributed by atoms with van der Waals surface area (Å²) in [5, 5.41) is 0. The van der Waals surface area contributed by atoms with Crippen LogP contribution in [0.15, 0.2) is 4.99 Å². The maximum absolute atomic E-state index is 11.2. The molecule has 0 aromatic rings. The van der Waals surface area contributed by atoms with Gasteiger partial charge in [0.2, 0.25) is 0 Å². The number of hydrogen-bond acceptors (Lipinski definition) is 3. The van der Waals surface area contributed by atoms with Gasteiger partial charge in [-0.3, -0.25) is 4.79 Å². The number of hydrogen-bond donors (Lipinski definition) is 0. The lowest BCUT2D eigenvalue weighted by molar-refractivity contribution is -0.115. The molecule has 4 nitrogen and oxygen atoms in total. The van der Waals surface area contributed by atoms with Gasteiger partial charge in [0.1, 0.15) is 0 Å². The molecule has 13 heavy (non-hydrogen) atoms. The number of rotatable bonds is 3. The first kappa shape index (κ1) is 11.8. The summed E-state index contributed by atoms with van der Waals surface area (Å²) in [5.41, 5.74) is 0.202. The summed E-state index contributed by atoms with van der Waals surface area (Å²) in [4.78, 5) is 25.6. The van der Waals surface area contributed by atoms with Crippen molar-refractivity contribution in [2.75, 3.05) is 6.61 Å². The van der Waals surface area contributed by atoms with Crippen LogP contribution in [0.4, 0.5) is 4.79 Å². The predicted octanol–water partition coefficient (Wildman–Crippen LogP) is 1.83. The van der Waals surface area contributed by atoms with Gasteiger partial charge in [0.25, 0.3) is 0 Å². The van der Waals surface area contributed by atoms with Gasteiger partial charge in [-0.15, -0.1) is 0 Å². The minimum absolute atomic E-state index is 0.131. The maximum atomic E-state index is 11.2.